The first-order valence-corrected chi connectivity index (χ1v) is 4.14. The smallest absolute Gasteiger partial charge is 0.445 e. The molecule has 0 N–H and O–H groups in total. The Balaban J connectivity index is 3.26. The molecule has 1 rings (SSSR count). The van der Waals surface area contributed by atoms with Crippen LogP contribution >= 0.6 is 22.6 Å². The second kappa shape index (κ2) is 3.23. The first kappa shape index (κ1) is 9.82. The second-order valence-electron chi connectivity index (χ2n) is 2.22. The van der Waals surface area contributed by atoms with E-state index in [1.807, 2.05) is 0 Å². The molecule has 0 fully saturated rings. The highest BCUT2D eigenvalue weighted by Crippen LogP contribution is 2.15. The van der Waals surface area contributed by atoms with Crippen molar-refractivity contribution in [1.29, 1.82) is 0 Å². The van der Waals surface area contributed by atoms with Gasteiger partial charge in [0.2, 0.25) is 0 Å². The van der Waals surface area contributed by atoms with Crippen LogP contribution in [0.25, 0.3) is 0 Å². The third-order valence-electron chi connectivity index (χ3n) is 1.33. The molecule has 12 heavy (non-hydrogen) atoms. The summed E-state index contributed by atoms with van der Waals surface area (Å²) in [6.45, 7) is -5.23. The Morgan fingerprint density at radius 3 is 2.17 bits per heavy atom. The van der Waals surface area contributed by atoms with Gasteiger partial charge in [0.05, 0.1) is 0 Å². The van der Waals surface area contributed by atoms with Crippen molar-refractivity contribution in [2.24, 2.45) is 0 Å². The average Bonchev–Trinajstić information content (AvgIpc) is 1.92. The van der Waals surface area contributed by atoms with E-state index in [1.54, 1.807) is 0 Å². The lowest BCUT2D eigenvalue weighted by Crippen LogP contribution is -2.37. The molecule has 0 heterocycles. The third kappa shape index (κ3) is 1.91. The van der Waals surface area contributed by atoms with Crippen molar-refractivity contribution >= 4 is 35.0 Å². The molecule has 6 heteroatoms. The van der Waals surface area contributed by atoms with E-state index >= 15 is 0 Å². The number of benzene rings is 1. The van der Waals surface area contributed by atoms with Crippen molar-refractivity contribution in [2.45, 2.75) is 0 Å². The standard InChI is InChI=1S/C6H3BF4I/c8-6-4(7(9,10)11)2-1-3-5(6)12/h1-3H/q-1. The van der Waals surface area contributed by atoms with Crippen LogP contribution in [0.3, 0.4) is 0 Å². The lowest BCUT2D eigenvalue weighted by molar-refractivity contribution is 0.493. The minimum absolute atomic E-state index is 0.00991. The third-order valence-corrected chi connectivity index (χ3v) is 2.17. The zero-order chi connectivity index (χ0) is 9.35. The van der Waals surface area contributed by atoms with Gasteiger partial charge in [0.1, 0.15) is 5.82 Å². The molecule has 0 aliphatic heterocycles. The lowest BCUT2D eigenvalue weighted by Gasteiger charge is -2.15. The molecular weight excluding hydrogens is 286 g/mol. The van der Waals surface area contributed by atoms with Gasteiger partial charge in [0.15, 0.2) is 0 Å². The quantitative estimate of drug-likeness (QED) is 0.423. The van der Waals surface area contributed by atoms with E-state index in [2.05, 4.69) is 0 Å². The summed E-state index contributed by atoms with van der Waals surface area (Å²) in [6, 6.07) is 3.23. The van der Waals surface area contributed by atoms with Crippen molar-refractivity contribution in [2.75, 3.05) is 0 Å². The van der Waals surface area contributed by atoms with Gasteiger partial charge in [-0.2, -0.15) is 0 Å². The Morgan fingerprint density at radius 2 is 1.75 bits per heavy atom. The number of hydrogen-bond donors (Lipinski definition) is 0. The van der Waals surface area contributed by atoms with E-state index in [1.165, 1.54) is 34.7 Å². The van der Waals surface area contributed by atoms with Crippen LogP contribution in [-0.2, 0) is 0 Å². The molecule has 1 aromatic carbocycles. The van der Waals surface area contributed by atoms with E-state index in [-0.39, 0.29) is 3.57 Å². The van der Waals surface area contributed by atoms with Crippen LogP contribution in [0.1, 0.15) is 0 Å². The zero-order valence-corrected chi connectivity index (χ0v) is 7.86. The SMILES string of the molecule is Fc1c(I)cccc1[B-](F)(F)F. The summed E-state index contributed by atoms with van der Waals surface area (Å²) < 4.78 is 48.9. The van der Waals surface area contributed by atoms with Crippen LogP contribution in [0.5, 0.6) is 0 Å². The fraction of sp³-hybridized carbons (Fsp3) is 0. The Morgan fingerprint density at radius 1 is 1.17 bits per heavy atom. The fourth-order valence-corrected chi connectivity index (χ4v) is 1.29. The highest BCUT2D eigenvalue weighted by Gasteiger charge is 2.29. The fourth-order valence-electron chi connectivity index (χ4n) is 0.773. The largest absolute Gasteiger partial charge is 0.512 e. The Bertz CT molecular complexity index is 296. The average molecular weight is 289 g/mol. The van der Waals surface area contributed by atoms with Gasteiger partial charge in [-0.1, -0.05) is 17.6 Å². The topological polar surface area (TPSA) is 0 Å². The lowest BCUT2D eigenvalue weighted by atomic mass is 9.80. The zero-order valence-electron chi connectivity index (χ0n) is 5.70. The number of hydrogen-bond acceptors (Lipinski definition) is 0. The van der Waals surface area contributed by atoms with Crippen LogP contribution < -0.4 is 5.46 Å². The number of halogens is 5. The summed E-state index contributed by atoms with van der Waals surface area (Å²) >= 11 is 1.52. The second-order valence-corrected chi connectivity index (χ2v) is 3.38. The highest BCUT2D eigenvalue weighted by atomic mass is 127. The van der Waals surface area contributed by atoms with Crippen LogP contribution in [-0.4, -0.2) is 6.98 Å². The van der Waals surface area contributed by atoms with Gasteiger partial charge in [-0.3, -0.25) is 0 Å². The predicted molar refractivity (Wildman–Crippen MR) is 47.8 cm³/mol. The van der Waals surface area contributed by atoms with Gasteiger partial charge in [-0.05, 0) is 28.7 Å². The van der Waals surface area contributed by atoms with Crippen LogP contribution in [0.4, 0.5) is 17.3 Å². The van der Waals surface area contributed by atoms with E-state index < -0.39 is 18.3 Å². The molecule has 0 bridgehead atoms. The van der Waals surface area contributed by atoms with Crippen molar-refractivity contribution in [3.05, 3.63) is 27.6 Å². The Labute approximate surface area is 80.2 Å². The maximum Gasteiger partial charge on any atom is 0.512 e. The molecule has 0 saturated heterocycles. The van der Waals surface area contributed by atoms with E-state index in [0.29, 0.717) is 0 Å². The molecule has 1 aromatic rings. The predicted octanol–water partition coefficient (Wildman–Crippen LogP) is 2.48. The van der Waals surface area contributed by atoms with Gasteiger partial charge in [0.25, 0.3) is 0 Å². The van der Waals surface area contributed by atoms with Crippen molar-refractivity contribution in [1.82, 2.24) is 0 Å². The summed E-state index contributed by atoms with van der Waals surface area (Å²) in [4.78, 5) is 0. The maximum atomic E-state index is 12.8. The summed E-state index contributed by atoms with van der Waals surface area (Å²) in [5.41, 5.74) is -1.15. The molecule has 66 valence electrons. The summed E-state index contributed by atoms with van der Waals surface area (Å²) in [7, 11) is 0. The highest BCUT2D eigenvalue weighted by molar-refractivity contribution is 14.1. The van der Waals surface area contributed by atoms with Crippen molar-refractivity contribution < 1.29 is 17.3 Å². The molecule has 0 atom stereocenters. The first-order chi connectivity index (χ1) is 5.43. The molecule has 0 radical (unpaired) electrons. The normalized spacial score (nSPS) is 11.8. The van der Waals surface area contributed by atoms with Gasteiger partial charge in [0, 0.05) is 3.57 Å². The van der Waals surface area contributed by atoms with E-state index in [4.69, 9.17) is 0 Å². The van der Waals surface area contributed by atoms with Gasteiger partial charge in [-0.25, -0.2) is 4.39 Å². The van der Waals surface area contributed by atoms with E-state index in [9.17, 15) is 17.3 Å². The summed E-state index contributed by atoms with van der Waals surface area (Å²) in [5.74, 6) is -1.18. The van der Waals surface area contributed by atoms with Crippen LogP contribution in [0.2, 0.25) is 0 Å². The Hall–Kier alpha value is -0.265. The molecule has 0 spiro atoms. The Kier molecular flexibility index (Phi) is 2.65. The molecule has 0 aliphatic carbocycles. The van der Waals surface area contributed by atoms with Gasteiger partial charge >= 0.3 is 6.98 Å². The van der Waals surface area contributed by atoms with Crippen molar-refractivity contribution in [3.8, 4) is 0 Å². The molecule has 0 amide bonds. The summed E-state index contributed by atoms with van der Waals surface area (Å²) in [6.07, 6.45) is 0. The maximum absolute atomic E-state index is 12.8. The molecule has 0 aliphatic rings. The molecule has 0 aromatic heterocycles. The molecular formula is C6H3BF4I-. The van der Waals surface area contributed by atoms with E-state index in [0.717, 1.165) is 6.07 Å². The number of rotatable bonds is 1. The van der Waals surface area contributed by atoms with Crippen LogP contribution in [0.15, 0.2) is 18.2 Å². The molecule has 0 saturated carbocycles. The minimum Gasteiger partial charge on any atom is -0.445 e. The monoisotopic (exact) mass is 289 g/mol. The summed E-state index contributed by atoms with van der Waals surface area (Å²) in [5, 5.41) is 0. The molecule has 0 nitrogen and oxygen atoms in total. The molecule has 0 unspecified atom stereocenters. The minimum atomic E-state index is -5.23. The first-order valence-electron chi connectivity index (χ1n) is 3.07. The van der Waals surface area contributed by atoms with Gasteiger partial charge in [-0.15, -0.1) is 0 Å². The van der Waals surface area contributed by atoms with Crippen LogP contribution in [0, 0.1) is 9.39 Å². The van der Waals surface area contributed by atoms with Crippen molar-refractivity contribution in [3.63, 3.8) is 0 Å². The van der Waals surface area contributed by atoms with Gasteiger partial charge < -0.3 is 12.9 Å².